The number of anilines is 1. The number of unbranched alkanes of at least 4 members (excludes halogenated alkanes) is 8. The molecule has 2 aromatic carbocycles. The SMILES string of the molecule is CCCCCCCC(=O)CCCCCC/C=C/C(C(=O)NC(Cc1ccc(Oc2ccc(N(C)C)cc2)cc1)C(=O)O)C(O)(CC(=O)O)C(=O)O. The van der Waals surface area contributed by atoms with Crippen LogP contribution in [0.15, 0.2) is 60.7 Å². The maximum Gasteiger partial charge on any atom is 0.337 e. The Kier molecular flexibility index (Phi) is 18.5. The Hall–Kier alpha value is -4.71. The molecule has 51 heavy (non-hydrogen) atoms. The smallest absolute Gasteiger partial charge is 0.337 e. The lowest BCUT2D eigenvalue weighted by molar-refractivity contribution is -0.172. The monoisotopic (exact) mass is 710 g/mol. The maximum atomic E-state index is 13.4. The molecule has 0 aliphatic rings. The quantitative estimate of drug-likeness (QED) is 0.0537. The van der Waals surface area contributed by atoms with E-state index in [1.54, 1.807) is 24.3 Å². The molecule has 0 aromatic heterocycles. The topological polar surface area (TPSA) is 191 Å². The lowest BCUT2D eigenvalue weighted by atomic mass is 9.82. The number of aliphatic hydroxyl groups is 1. The minimum atomic E-state index is -3.03. The van der Waals surface area contributed by atoms with Crippen molar-refractivity contribution in [2.24, 2.45) is 5.92 Å². The van der Waals surface area contributed by atoms with Gasteiger partial charge in [-0.2, -0.15) is 0 Å². The zero-order valence-corrected chi connectivity index (χ0v) is 30.0. The largest absolute Gasteiger partial charge is 0.481 e. The van der Waals surface area contributed by atoms with Crippen LogP contribution in [0.25, 0.3) is 0 Å². The van der Waals surface area contributed by atoms with Crippen LogP contribution in [-0.4, -0.2) is 75.8 Å². The summed E-state index contributed by atoms with van der Waals surface area (Å²) in [5, 5.41) is 42.3. The van der Waals surface area contributed by atoms with Gasteiger partial charge in [0.2, 0.25) is 5.91 Å². The first-order chi connectivity index (χ1) is 24.3. The molecule has 0 saturated carbocycles. The van der Waals surface area contributed by atoms with Crippen LogP contribution in [0.2, 0.25) is 0 Å². The van der Waals surface area contributed by atoms with Crippen LogP contribution in [0.1, 0.15) is 96.0 Å². The summed E-state index contributed by atoms with van der Waals surface area (Å²) in [7, 11) is 3.85. The van der Waals surface area contributed by atoms with Crippen molar-refractivity contribution in [1.82, 2.24) is 5.32 Å². The average Bonchev–Trinajstić information content (AvgIpc) is 3.07. The van der Waals surface area contributed by atoms with E-state index in [0.717, 1.165) is 56.7 Å². The van der Waals surface area contributed by atoms with Crippen molar-refractivity contribution in [3.8, 4) is 11.5 Å². The van der Waals surface area contributed by atoms with Crippen molar-refractivity contribution < 1.29 is 49.1 Å². The van der Waals surface area contributed by atoms with E-state index in [9.17, 15) is 44.4 Å². The van der Waals surface area contributed by atoms with Crippen molar-refractivity contribution in [2.75, 3.05) is 19.0 Å². The zero-order chi connectivity index (χ0) is 37.8. The molecule has 0 radical (unpaired) electrons. The second-order valence-corrected chi connectivity index (χ2v) is 13.1. The van der Waals surface area contributed by atoms with Crippen LogP contribution < -0.4 is 15.0 Å². The summed E-state index contributed by atoms with van der Waals surface area (Å²) >= 11 is 0. The van der Waals surface area contributed by atoms with Crippen LogP contribution in [0.5, 0.6) is 11.5 Å². The summed E-state index contributed by atoms with van der Waals surface area (Å²) in [6.07, 6.45) is 11.2. The van der Waals surface area contributed by atoms with E-state index in [0.29, 0.717) is 42.7 Å². The Morgan fingerprint density at radius 2 is 1.35 bits per heavy atom. The van der Waals surface area contributed by atoms with Gasteiger partial charge in [0.1, 0.15) is 23.3 Å². The number of carboxylic acid groups (broad SMARTS) is 3. The lowest BCUT2D eigenvalue weighted by Crippen LogP contribution is -2.55. The second-order valence-electron chi connectivity index (χ2n) is 13.1. The summed E-state index contributed by atoms with van der Waals surface area (Å²) in [6.45, 7) is 2.15. The van der Waals surface area contributed by atoms with Crippen LogP contribution in [-0.2, 0) is 30.4 Å². The van der Waals surface area contributed by atoms with E-state index in [-0.39, 0.29) is 12.2 Å². The first-order valence-corrected chi connectivity index (χ1v) is 17.7. The highest BCUT2D eigenvalue weighted by Crippen LogP contribution is 2.27. The summed E-state index contributed by atoms with van der Waals surface area (Å²) in [4.78, 5) is 63.2. The van der Waals surface area contributed by atoms with Crippen molar-refractivity contribution in [3.05, 3.63) is 66.2 Å². The van der Waals surface area contributed by atoms with Gasteiger partial charge < -0.3 is 35.4 Å². The third kappa shape index (κ3) is 15.4. The van der Waals surface area contributed by atoms with Crippen LogP contribution >= 0.6 is 0 Å². The van der Waals surface area contributed by atoms with E-state index >= 15 is 0 Å². The Labute approximate surface area is 300 Å². The molecule has 0 fully saturated rings. The summed E-state index contributed by atoms with van der Waals surface area (Å²) in [5.41, 5.74) is -1.50. The number of hydrogen-bond acceptors (Lipinski definition) is 8. The number of amides is 1. The summed E-state index contributed by atoms with van der Waals surface area (Å²) < 4.78 is 5.86. The number of carboxylic acids is 3. The number of hydrogen-bond donors (Lipinski definition) is 5. The van der Waals surface area contributed by atoms with Gasteiger partial charge in [0.25, 0.3) is 0 Å². The molecule has 0 bridgehead atoms. The number of carbonyl (C=O) groups excluding carboxylic acids is 2. The normalized spacial score (nSPS) is 13.6. The van der Waals surface area contributed by atoms with Crippen molar-refractivity contribution >= 4 is 35.3 Å². The number of nitrogens with one attached hydrogen (secondary N) is 1. The molecule has 12 heteroatoms. The lowest BCUT2D eigenvalue weighted by Gasteiger charge is -2.29. The highest BCUT2D eigenvalue weighted by atomic mass is 16.5. The molecule has 280 valence electrons. The number of carbonyl (C=O) groups is 5. The van der Waals surface area contributed by atoms with E-state index in [1.807, 2.05) is 43.3 Å². The van der Waals surface area contributed by atoms with E-state index in [4.69, 9.17) is 4.74 Å². The minimum Gasteiger partial charge on any atom is -0.481 e. The highest BCUT2D eigenvalue weighted by molar-refractivity contribution is 5.94. The van der Waals surface area contributed by atoms with Gasteiger partial charge in [0.05, 0.1) is 12.3 Å². The highest BCUT2D eigenvalue weighted by Gasteiger charge is 2.49. The van der Waals surface area contributed by atoms with Gasteiger partial charge in [-0.15, -0.1) is 0 Å². The molecule has 1 amide bonds. The molecule has 0 spiro atoms. The molecule has 3 unspecified atom stereocenters. The van der Waals surface area contributed by atoms with Crippen LogP contribution in [0.3, 0.4) is 0 Å². The number of allylic oxidation sites excluding steroid dienone is 1. The number of ketones is 1. The van der Waals surface area contributed by atoms with E-state index < -0.39 is 47.8 Å². The van der Waals surface area contributed by atoms with Gasteiger partial charge in [-0.25, -0.2) is 9.59 Å². The summed E-state index contributed by atoms with van der Waals surface area (Å²) in [5.74, 6) is -6.64. The molecule has 0 aliphatic heterocycles. The van der Waals surface area contributed by atoms with Gasteiger partial charge in [-0.1, -0.05) is 69.7 Å². The fraction of sp³-hybridized carbons (Fsp3) is 0.513. The molecule has 0 heterocycles. The standard InChI is InChI=1S/C39H54N2O10/c1-4-5-6-9-12-15-30(42)16-13-10-7-8-11-14-17-33(39(50,38(48)49)27-35(43)44)36(45)40-34(37(46)47)26-28-18-22-31(23-19-28)51-32-24-20-29(21-25-32)41(2)3/h14,17-25,33-34,50H,4-13,15-16,26-27H2,1-3H3,(H,40,45)(H,43,44)(H,46,47)(H,48,49)/b17-14+. The maximum absolute atomic E-state index is 13.4. The number of Topliss-reactive ketones (excluding diaryl/α,β-unsaturated/α-hetero) is 1. The fourth-order valence-corrected chi connectivity index (χ4v) is 5.57. The predicted octanol–water partition coefficient (Wildman–Crippen LogP) is 6.39. The molecule has 0 aliphatic carbocycles. The second kappa shape index (κ2) is 22.2. The van der Waals surface area contributed by atoms with Gasteiger partial charge in [0.15, 0.2) is 5.60 Å². The number of aliphatic carboxylic acids is 3. The molecule has 2 rings (SSSR count). The molecule has 2 aromatic rings. The van der Waals surface area contributed by atoms with E-state index in [2.05, 4.69) is 12.2 Å². The summed E-state index contributed by atoms with van der Waals surface area (Å²) in [6, 6.07) is 12.5. The minimum absolute atomic E-state index is 0.179. The Bertz CT molecular complexity index is 1440. The molecule has 3 atom stereocenters. The molecule has 0 saturated heterocycles. The van der Waals surface area contributed by atoms with Gasteiger partial charge in [-0.05, 0) is 67.6 Å². The van der Waals surface area contributed by atoms with Crippen LogP contribution in [0, 0.1) is 5.92 Å². The van der Waals surface area contributed by atoms with Crippen molar-refractivity contribution in [2.45, 2.75) is 108 Å². The number of nitrogens with zero attached hydrogens (tertiary/aromatic N) is 1. The van der Waals surface area contributed by atoms with Crippen molar-refractivity contribution in [3.63, 3.8) is 0 Å². The number of ether oxygens (including phenoxy) is 1. The predicted molar refractivity (Wildman–Crippen MR) is 194 cm³/mol. The average molecular weight is 711 g/mol. The Morgan fingerprint density at radius 1 is 0.804 bits per heavy atom. The number of benzene rings is 2. The molecular formula is C39H54N2O10. The third-order valence-corrected chi connectivity index (χ3v) is 8.62. The first kappa shape index (κ1) is 42.5. The fourth-order valence-electron chi connectivity index (χ4n) is 5.57. The van der Waals surface area contributed by atoms with Gasteiger partial charge in [-0.3, -0.25) is 14.4 Å². The first-order valence-electron chi connectivity index (χ1n) is 17.7. The van der Waals surface area contributed by atoms with Gasteiger partial charge >= 0.3 is 17.9 Å². The van der Waals surface area contributed by atoms with E-state index in [1.165, 1.54) is 12.5 Å². The Morgan fingerprint density at radius 3 is 1.86 bits per heavy atom. The zero-order valence-electron chi connectivity index (χ0n) is 30.0. The van der Waals surface area contributed by atoms with Crippen molar-refractivity contribution in [1.29, 1.82) is 0 Å². The third-order valence-electron chi connectivity index (χ3n) is 8.62. The molecule has 12 nitrogen and oxygen atoms in total. The van der Waals surface area contributed by atoms with Crippen LogP contribution in [0.4, 0.5) is 5.69 Å². The molecular weight excluding hydrogens is 656 g/mol. The Balaban J connectivity index is 2.02. The number of rotatable bonds is 26. The van der Waals surface area contributed by atoms with Gasteiger partial charge in [0, 0.05) is 39.0 Å². The molecule has 5 N–H and O–H groups in total.